The van der Waals surface area contributed by atoms with Gasteiger partial charge in [-0.25, -0.2) is 0 Å². The lowest BCUT2D eigenvalue weighted by Gasteiger charge is -2.16. The topological polar surface area (TPSA) is 56.8 Å². The van der Waals surface area contributed by atoms with Crippen LogP contribution in [0.3, 0.4) is 0 Å². The molecule has 1 amide bonds. The molecule has 2 aromatic rings. The number of para-hydroxylation sites is 1. The Hall–Kier alpha value is -2.53. The number of hydrogen-bond acceptors (Lipinski definition) is 4. The number of amides is 1. The first-order chi connectivity index (χ1) is 12.5. The van der Waals surface area contributed by atoms with Crippen molar-refractivity contribution in [1.29, 1.82) is 0 Å². The van der Waals surface area contributed by atoms with E-state index in [0.29, 0.717) is 13.2 Å². The molecule has 1 N–H and O–H groups in total. The van der Waals surface area contributed by atoms with Crippen molar-refractivity contribution in [3.05, 3.63) is 60.2 Å². The quantitative estimate of drug-likeness (QED) is 0.658. The number of nitrogens with one attached hydrogen (secondary N) is 1. The van der Waals surface area contributed by atoms with E-state index in [1.165, 1.54) is 0 Å². The van der Waals surface area contributed by atoms with Gasteiger partial charge in [-0.2, -0.15) is 0 Å². The van der Waals surface area contributed by atoms with Crippen LogP contribution >= 0.6 is 0 Å². The summed E-state index contributed by atoms with van der Waals surface area (Å²) in [6.07, 6.45) is 0.140. The fourth-order valence-electron chi connectivity index (χ4n) is 2.37. The Labute approximate surface area is 155 Å². The van der Waals surface area contributed by atoms with E-state index in [4.69, 9.17) is 14.2 Å². The molecule has 0 saturated carbocycles. The van der Waals surface area contributed by atoms with Crippen LogP contribution in [0.15, 0.2) is 54.6 Å². The average Bonchev–Trinajstić information content (AvgIpc) is 2.62. The molecule has 0 aromatic heterocycles. The lowest BCUT2D eigenvalue weighted by Crippen LogP contribution is -2.30. The lowest BCUT2D eigenvalue weighted by atomic mass is 10.1. The average molecular weight is 357 g/mol. The van der Waals surface area contributed by atoms with Gasteiger partial charge in [-0.15, -0.1) is 0 Å². The van der Waals surface area contributed by atoms with Crippen LogP contribution in [-0.4, -0.2) is 31.8 Å². The summed E-state index contributed by atoms with van der Waals surface area (Å²) in [6, 6.07) is 17.1. The highest BCUT2D eigenvalue weighted by molar-refractivity contribution is 5.77. The zero-order valence-corrected chi connectivity index (χ0v) is 15.6. The highest BCUT2D eigenvalue weighted by atomic mass is 16.5. The van der Waals surface area contributed by atoms with Crippen molar-refractivity contribution < 1.29 is 19.0 Å². The molecule has 26 heavy (non-hydrogen) atoms. The molecule has 2 rings (SSSR count). The van der Waals surface area contributed by atoms with Crippen molar-refractivity contribution >= 4 is 5.91 Å². The minimum Gasteiger partial charge on any atom is -0.491 e. The molecule has 1 unspecified atom stereocenters. The van der Waals surface area contributed by atoms with Gasteiger partial charge in [0.2, 0.25) is 5.91 Å². The summed E-state index contributed by atoms with van der Waals surface area (Å²) in [7, 11) is 0. The van der Waals surface area contributed by atoms with Crippen LogP contribution in [0.2, 0.25) is 0 Å². The Morgan fingerprint density at radius 1 is 0.923 bits per heavy atom. The minimum atomic E-state index is -0.153. The number of ether oxygens (including phenoxy) is 3. The van der Waals surface area contributed by atoms with Crippen LogP contribution < -0.4 is 14.8 Å². The van der Waals surface area contributed by atoms with E-state index in [2.05, 4.69) is 5.32 Å². The highest BCUT2D eigenvalue weighted by Gasteiger charge is 2.10. The summed E-state index contributed by atoms with van der Waals surface area (Å²) >= 11 is 0. The number of carbonyl (C=O) groups excluding carboxylic acids is 1. The molecule has 0 aliphatic rings. The first-order valence-electron chi connectivity index (χ1n) is 8.86. The van der Waals surface area contributed by atoms with E-state index in [9.17, 15) is 4.79 Å². The highest BCUT2D eigenvalue weighted by Crippen LogP contribution is 2.18. The summed E-state index contributed by atoms with van der Waals surface area (Å²) in [4.78, 5) is 12.0. The molecule has 0 heterocycles. The van der Waals surface area contributed by atoms with Gasteiger partial charge in [-0.3, -0.25) is 4.79 Å². The second-order valence-corrected chi connectivity index (χ2v) is 6.24. The van der Waals surface area contributed by atoms with Gasteiger partial charge < -0.3 is 19.5 Å². The molecule has 5 nitrogen and oxygen atoms in total. The standard InChI is InChI=1S/C21H27NO4/c1-16(2)26-20-11-9-18(10-12-20)17(3)22-21(23)15-24-13-14-25-19-7-5-4-6-8-19/h4-12,16-17H,13-15H2,1-3H3,(H,22,23). The third-order valence-electron chi connectivity index (χ3n) is 3.60. The second kappa shape index (κ2) is 10.5. The van der Waals surface area contributed by atoms with Crippen LogP contribution in [0.5, 0.6) is 11.5 Å². The van der Waals surface area contributed by atoms with E-state index in [-0.39, 0.29) is 24.7 Å². The molecule has 0 aliphatic carbocycles. The lowest BCUT2D eigenvalue weighted by molar-refractivity contribution is -0.126. The zero-order valence-electron chi connectivity index (χ0n) is 15.6. The van der Waals surface area contributed by atoms with Gasteiger partial charge in [-0.05, 0) is 50.6 Å². The maximum atomic E-state index is 12.0. The molecule has 0 spiro atoms. The molecule has 0 fully saturated rings. The Kier molecular flexibility index (Phi) is 7.96. The first kappa shape index (κ1) is 19.8. The Morgan fingerprint density at radius 3 is 2.27 bits per heavy atom. The molecular weight excluding hydrogens is 330 g/mol. The molecule has 0 bridgehead atoms. The summed E-state index contributed by atoms with van der Waals surface area (Å²) in [5.74, 6) is 1.46. The molecule has 0 radical (unpaired) electrons. The maximum absolute atomic E-state index is 12.0. The third-order valence-corrected chi connectivity index (χ3v) is 3.60. The molecule has 5 heteroatoms. The molecule has 1 atom stereocenters. The third kappa shape index (κ3) is 7.15. The van der Waals surface area contributed by atoms with Crippen LogP contribution in [0.1, 0.15) is 32.4 Å². The molecular formula is C21H27NO4. The molecule has 140 valence electrons. The number of hydrogen-bond donors (Lipinski definition) is 1. The number of carbonyl (C=O) groups is 1. The van der Waals surface area contributed by atoms with E-state index in [0.717, 1.165) is 17.1 Å². The van der Waals surface area contributed by atoms with Crippen LogP contribution in [0.25, 0.3) is 0 Å². The van der Waals surface area contributed by atoms with Gasteiger partial charge in [0.05, 0.1) is 18.8 Å². The van der Waals surface area contributed by atoms with Gasteiger partial charge in [0.15, 0.2) is 0 Å². The van der Waals surface area contributed by atoms with Crippen molar-refractivity contribution in [2.45, 2.75) is 32.9 Å². The smallest absolute Gasteiger partial charge is 0.246 e. The first-order valence-corrected chi connectivity index (χ1v) is 8.86. The second-order valence-electron chi connectivity index (χ2n) is 6.24. The summed E-state index contributed by atoms with van der Waals surface area (Å²) in [5, 5.41) is 2.92. The number of benzene rings is 2. The largest absolute Gasteiger partial charge is 0.491 e. The molecule has 0 saturated heterocycles. The Bertz CT molecular complexity index is 655. The normalized spacial score (nSPS) is 11.8. The van der Waals surface area contributed by atoms with Gasteiger partial charge >= 0.3 is 0 Å². The Balaban J connectivity index is 1.65. The number of rotatable bonds is 10. The van der Waals surface area contributed by atoms with Gasteiger partial charge in [0.1, 0.15) is 24.7 Å². The predicted octanol–water partition coefficient (Wildman–Crippen LogP) is 3.75. The zero-order chi connectivity index (χ0) is 18.8. The van der Waals surface area contributed by atoms with Gasteiger partial charge in [-0.1, -0.05) is 30.3 Å². The van der Waals surface area contributed by atoms with Gasteiger partial charge in [0.25, 0.3) is 0 Å². The van der Waals surface area contributed by atoms with E-state index < -0.39 is 0 Å². The van der Waals surface area contributed by atoms with Crippen molar-refractivity contribution in [2.24, 2.45) is 0 Å². The van der Waals surface area contributed by atoms with Crippen molar-refractivity contribution in [3.63, 3.8) is 0 Å². The minimum absolute atomic E-state index is 0.0109. The van der Waals surface area contributed by atoms with E-state index >= 15 is 0 Å². The van der Waals surface area contributed by atoms with Crippen LogP contribution in [0.4, 0.5) is 0 Å². The van der Waals surface area contributed by atoms with Crippen LogP contribution in [-0.2, 0) is 9.53 Å². The fourth-order valence-corrected chi connectivity index (χ4v) is 2.37. The summed E-state index contributed by atoms with van der Waals surface area (Å²) in [5.41, 5.74) is 1.02. The summed E-state index contributed by atoms with van der Waals surface area (Å²) < 4.78 is 16.5. The summed E-state index contributed by atoms with van der Waals surface area (Å²) in [6.45, 7) is 6.69. The predicted molar refractivity (Wildman–Crippen MR) is 102 cm³/mol. The van der Waals surface area contributed by atoms with Crippen LogP contribution in [0, 0.1) is 0 Å². The van der Waals surface area contributed by atoms with Crippen molar-refractivity contribution in [2.75, 3.05) is 19.8 Å². The van der Waals surface area contributed by atoms with E-state index in [1.807, 2.05) is 75.4 Å². The molecule has 0 aliphatic heterocycles. The van der Waals surface area contributed by atoms with Crippen molar-refractivity contribution in [3.8, 4) is 11.5 Å². The SMILES string of the molecule is CC(C)Oc1ccc(C(C)NC(=O)COCCOc2ccccc2)cc1. The monoisotopic (exact) mass is 357 g/mol. The molecule has 2 aromatic carbocycles. The maximum Gasteiger partial charge on any atom is 0.246 e. The van der Waals surface area contributed by atoms with E-state index in [1.54, 1.807) is 0 Å². The Morgan fingerprint density at radius 2 is 1.62 bits per heavy atom. The van der Waals surface area contributed by atoms with Gasteiger partial charge in [0, 0.05) is 0 Å². The van der Waals surface area contributed by atoms with Crippen molar-refractivity contribution in [1.82, 2.24) is 5.32 Å². The fraction of sp³-hybridized carbons (Fsp3) is 0.381.